The van der Waals surface area contributed by atoms with Crippen LogP contribution in [0.4, 0.5) is 22.7 Å². The number of aryl methyl sites for hydroxylation is 1. The third-order valence-electron chi connectivity index (χ3n) is 2.78. The molecule has 0 atom stereocenters. The fourth-order valence-corrected chi connectivity index (χ4v) is 1.72. The van der Waals surface area contributed by atoms with Gasteiger partial charge >= 0.3 is 0 Å². The van der Waals surface area contributed by atoms with Crippen molar-refractivity contribution in [1.82, 2.24) is 0 Å². The fourth-order valence-electron chi connectivity index (χ4n) is 1.72. The van der Waals surface area contributed by atoms with E-state index < -0.39 is 42.3 Å². The molecule has 0 aliphatic rings. The quantitative estimate of drug-likeness (QED) is 0.662. The van der Waals surface area contributed by atoms with Crippen LogP contribution < -0.4 is 10.6 Å². The van der Waals surface area contributed by atoms with Crippen molar-refractivity contribution in [2.45, 2.75) is 6.92 Å². The van der Waals surface area contributed by atoms with Crippen LogP contribution in [0, 0.1) is 6.92 Å². The molecule has 0 radical (unpaired) electrons. The maximum atomic E-state index is 8.29. The Morgan fingerprint density at radius 2 is 1.29 bits per heavy atom. The smallest absolute Gasteiger partial charge is 0.0645 e. The SMILES string of the molecule is [2H]c1c([2H])c([2H])c(Nc2c([2H])c([2H])c(Nc3ccccc3C)c([2H])c2[2H])c([2H])c1[2H]. The van der Waals surface area contributed by atoms with Crippen molar-refractivity contribution >= 4 is 22.7 Å². The van der Waals surface area contributed by atoms with E-state index in [1.54, 1.807) is 12.1 Å². The van der Waals surface area contributed by atoms with E-state index in [2.05, 4.69) is 10.6 Å². The second-order valence-corrected chi connectivity index (χ2v) is 4.31. The van der Waals surface area contributed by atoms with E-state index in [1.807, 2.05) is 19.1 Å². The summed E-state index contributed by atoms with van der Waals surface area (Å²) in [6.45, 7) is 1.84. The molecule has 104 valence electrons. The Morgan fingerprint density at radius 1 is 0.714 bits per heavy atom. The molecule has 2 heteroatoms. The zero-order valence-corrected chi connectivity index (χ0v) is 11.3. The minimum absolute atomic E-state index is 0.0223. The maximum absolute atomic E-state index is 8.29. The van der Waals surface area contributed by atoms with E-state index in [0.29, 0.717) is 5.69 Å². The molecule has 21 heavy (non-hydrogen) atoms. The fraction of sp³-hybridized carbons (Fsp3) is 0.0526. The van der Waals surface area contributed by atoms with Crippen LogP contribution in [0.2, 0.25) is 0 Å². The third kappa shape index (κ3) is 3.42. The van der Waals surface area contributed by atoms with Crippen molar-refractivity contribution in [2.75, 3.05) is 10.6 Å². The van der Waals surface area contributed by atoms with Gasteiger partial charge < -0.3 is 10.6 Å². The molecule has 0 aliphatic carbocycles. The van der Waals surface area contributed by atoms with Gasteiger partial charge in [0.2, 0.25) is 0 Å². The Balaban J connectivity index is 2.13. The predicted octanol–water partition coefficient (Wildman–Crippen LogP) is 5.48. The van der Waals surface area contributed by atoms with Crippen LogP contribution in [0.15, 0.2) is 78.6 Å². The van der Waals surface area contributed by atoms with Crippen LogP contribution in [-0.2, 0) is 0 Å². The van der Waals surface area contributed by atoms with E-state index in [-0.39, 0.29) is 29.1 Å². The Labute approximate surface area is 138 Å². The molecule has 2 nitrogen and oxygen atoms in total. The molecule has 0 fully saturated rings. The largest absolute Gasteiger partial charge is 0.356 e. The minimum atomic E-state index is -0.563. The average molecular weight is 283 g/mol. The monoisotopic (exact) mass is 283 g/mol. The number of anilines is 4. The zero-order chi connectivity index (χ0) is 22.3. The van der Waals surface area contributed by atoms with Gasteiger partial charge in [-0.15, -0.1) is 0 Å². The summed E-state index contributed by atoms with van der Waals surface area (Å²) < 4.78 is 72.3. The molecular formula is C19H18N2. The number of nitrogens with one attached hydrogen (secondary N) is 2. The molecule has 0 spiro atoms. The van der Waals surface area contributed by atoms with Crippen LogP contribution in [0.5, 0.6) is 0 Å². The van der Waals surface area contributed by atoms with Gasteiger partial charge in [-0.05, 0) is 54.8 Å². The Bertz CT molecular complexity index is 1100. The number of hydrogen-bond donors (Lipinski definition) is 2. The number of hydrogen-bond acceptors (Lipinski definition) is 2. The summed E-state index contributed by atoms with van der Waals surface area (Å²) in [5.41, 5.74) is 0.867. The lowest BCUT2D eigenvalue weighted by atomic mass is 10.2. The lowest BCUT2D eigenvalue weighted by Gasteiger charge is -2.11. The van der Waals surface area contributed by atoms with Crippen molar-refractivity contribution in [3.05, 3.63) is 84.2 Å². The standard InChI is InChI=1S/C19H18N2/c1-15-7-5-6-10-19(15)21-18-13-11-17(12-14-18)20-16-8-3-2-4-9-16/h2-14,20-21H,1H3/i2D,3D,4D,8D,9D,11D,12D,13D,14D. The summed E-state index contributed by atoms with van der Waals surface area (Å²) in [6.07, 6.45) is 0. The molecule has 3 aromatic carbocycles. The summed E-state index contributed by atoms with van der Waals surface area (Å²) in [7, 11) is 0. The van der Waals surface area contributed by atoms with Crippen LogP contribution in [0.25, 0.3) is 0 Å². The lowest BCUT2D eigenvalue weighted by molar-refractivity contribution is 1.43. The van der Waals surface area contributed by atoms with Crippen molar-refractivity contribution in [3.63, 3.8) is 0 Å². The first-order chi connectivity index (χ1) is 14.1. The third-order valence-corrected chi connectivity index (χ3v) is 2.78. The molecule has 0 saturated heterocycles. The lowest BCUT2D eigenvalue weighted by Crippen LogP contribution is -1.94. The summed E-state index contributed by atoms with van der Waals surface area (Å²) in [4.78, 5) is 0. The summed E-state index contributed by atoms with van der Waals surface area (Å²) in [6, 6.07) is 2.89. The van der Waals surface area contributed by atoms with E-state index in [1.165, 1.54) is 0 Å². The second kappa shape index (κ2) is 6.14. The number of rotatable bonds is 4. The molecule has 0 aliphatic heterocycles. The van der Waals surface area contributed by atoms with Crippen molar-refractivity contribution < 1.29 is 12.3 Å². The second-order valence-electron chi connectivity index (χ2n) is 4.31. The topological polar surface area (TPSA) is 24.1 Å². The molecule has 3 rings (SSSR count). The van der Waals surface area contributed by atoms with Gasteiger partial charge in [0.05, 0.1) is 12.3 Å². The highest BCUT2D eigenvalue weighted by atomic mass is 14.9. The molecule has 0 bridgehead atoms. The highest BCUT2D eigenvalue weighted by Gasteiger charge is 1.98. The van der Waals surface area contributed by atoms with Crippen LogP contribution >= 0.6 is 0 Å². The van der Waals surface area contributed by atoms with E-state index in [4.69, 9.17) is 12.3 Å². The zero-order valence-electron chi connectivity index (χ0n) is 20.3. The Kier molecular flexibility index (Phi) is 1.86. The van der Waals surface area contributed by atoms with Gasteiger partial charge in [0.15, 0.2) is 0 Å². The molecule has 0 saturated carbocycles. The van der Waals surface area contributed by atoms with Gasteiger partial charge in [-0.2, -0.15) is 0 Å². The summed E-state index contributed by atoms with van der Waals surface area (Å²) in [5.74, 6) is 0. The van der Waals surface area contributed by atoms with Gasteiger partial charge in [0.1, 0.15) is 0 Å². The molecule has 0 amide bonds. The molecular weight excluding hydrogens is 256 g/mol. The Hall–Kier alpha value is -2.74. The van der Waals surface area contributed by atoms with Crippen LogP contribution in [0.1, 0.15) is 17.9 Å². The first kappa shape index (κ1) is 6.35. The van der Waals surface area contributed by atoms with Gasteiger partial charge in [-0.1, -0.05) is 36.3 Å². The van der Waals surface area contributed by atoms with Crippen LogP contribution in [0.3, 0.4) is 0 Å². The molecule has 2 N–H and O–H groups in total. The molecule has 0 unspecified atom stereocenters. The molecule has 3 aromatic rings. The van der Waals surface area contributed by atoms with Crippen molar-refractivity contribution in [2.24, 2.45) is 0 Å². The van der Waals surface area contributed by atoms with Crippen LogP contribution in [-0.4, -0.2) is 0 Å². The molecule has 0 heterocycles. The van der Waals surface area contributed by atoms with E-state index >= 15 is 0 Å². The maximum Gasteiger partial charge on any atom is 0.0645 e. The molecule has 0 aromatic heterocycles. The van der Waals surface area contributed by atoms with E-state index in [9.17, 15) is 0 Å². The van der Waals surface area contributed by atoms with Crippen molar-refractivity contribution in [3.8, 4) is 0 Å². The normalized spacial score (nSPS) is 16.1. The first-order valence-electron chi connectivity index (χ1n) is 10.8. The minimum Gasteiger partial charge on any atom is -0.356 e. The summed E-state index contributed by atoms with van der Waals surface area (Å²) >= 11 is 0. The van der Waals surface area contributed by atoms with Gasteiger partial charge in [0, 0.05) is 22.7 Å². The first-order valence-corrected chi connectivity index (χ1v) is 6.33. The average Bonchev–Trinajstić information content (AvgIpc) is 2.73. The number of para-hydroxylation sites is 2. The van der Waals surface area contributed by atoms with Crippen molar-refractivity contribution in [1.29, 1.82) is 0 Å². The Morgan fingerprint density at radius 3 is 1.95 bits per heavy atom. The predicted molar refractivity (Wildman–Crippen MR) is 90.6 cm³/mol. The summed E-state index contributed by atoms with van der Waals surface area (Å²) in [5, 5.41) is 5.46. The van der Waals surface area contributed by atoms with E-state index in [0.717, 1.165) is 5.56 Å². The number of benzene rings is 3. The van der Waals surface area contributed by atoms with Gasteiger partial charge in [0.25, 0.3) is 0 Å². The highest BCUT2D eigenvalue weighted by molar-refractivity contribution is 5.67. The van der Waals surface area contributed by atoms with Gasteiger partial charge in [-0.3, -0.25) is 0 Å². The van der Waals surface area contributed by atoms with Gasteiger partial charge in [-0.25, -0.2) is 0 Å². The highest BCUT2D eigenvalue weighted by Crippen LogP contribution is 2.23.